The van der Waals surface area contributed by atoms with Crippen molar-refractivity contribution < 1.29 is 4.79 Å². The number of amides is 1. The number of anilines is 1. The summed E-state index contributed by atoms with van der Waals surface area (Å²) in [6.45, 7) is 11.7. The van der Waals surface area contributed by atoms with Gasteiger partial charge in [0.05, 0.1) is 0 Å². The molecule has 1 saturated heterocycles. The molecule has 2 rings (SSSR count). The number of aromatic nitrogens is 2. The Hall–Kier alpha value is -2.38. The van der Waals surface area contributed by atoms with Crippen LogP contribution in [0.2, 0.25) is 0 Å². The first kappa shape index (κ1) is 20.9. The molecule has 1 amide bonds. The first-order valence-electron chi connectivity index (χ1n) is 9.63. The maximum Gasteiger partial charge on any atom is 0.243 e. The Morgan fingerprint density at radius 3 is 2.33 bits per heavy atom. The number of nitrogens with zero attached hydrogens (tertiary/aromatic N) is 6. The molecule has 1 aromatic rings. The van der Waals surface area contributed by atoms with Gasteiger partial charge in [-0.2, -0.15) is 0 Å². The van der Waals surface area contributed by atoms with Crippen molar-refractivity contribution in [2.45, 2.75) is 40.2 Å². The Morgan fingerprint density at radius 2 is 1.81 bits per heavy atom. The molecule has 0 spiro atoms. The standard InChI is InChI=1S/C19H33N7O/c1-7-14(2)21-18(20-13-17(27)24(5)6)25-8-10-26(11-9-25)19-22-15(3)12-16(4)23-19/h12,14H,7-11,13H2,1-6H3,(H,20,21). The molecule has 0 aromatic carbocycles. The Labute approximate surface area is 162 Å². The van der Waals surface area contributed by atoms with Crippen LogP contribution in [0.15, 0.2) is 11.1 Å². The summed E-state index contributed by atoms with van der Waals surface area (Å²) < 4.78 is 0. The molecule has 0 radical (unpaired) electrons. The van der Waals surface area contributed by atoms with Crippen LogP contribution in [0.3, 0.4) is 0 Å². The van der Waals surface area contributed by atoms with Gasteiger partial charge in [0.15, 0.2) is 5.96 Å². The van der Waals surface area contributed by atoms with Crippen LogP contribution in [-0.4, -0.2) is 84.5 Å². The normalized spacial score (nSPS) is 16.3. The molecule has 1 aliphatic rings. The van der Waals surface area contributed by atoms with Crippen LogP contribution in [0.25, 0.3) is 0 Å². The van der Waals surface area contributed by atoms with Gasteiger partial charge in [0, 0.05) is 57.7 Å². The van der Waals surface area contributed by atoms with Crippen LogP contribution < -0.4 is 10.2 Å². The molecule has 1 N–H and O–H groups in total. The summed E-state index contributed by atoms with van der Waals surface area (Å²) in [5, 5.41) is 3.46. The van der Waals surface area contributed by atoms with Gasteiger partial charge in [-0.25, -0.2) is 15.0 Å². The number of hydrogen-bond acceptors (Lipinski definition) is 5. The third kappa shape index (κ3) is 6.08. The highest BCUT2D eigenvalue weighted by Gasteiger charge is 2.22. The van der Waals surface area contributed by atoms with Crippen molar-refractivity contribution in [1.29, 1.82) is 0 Å². The minimum atomic E-state index is 0.000670. The molecule has 1 unspecified atom stereocenters. The number of aryl methyl sites for hydroxylation is 2. The van der Waals surface area contributed by atoms with Crippen molar-refractivity contribution in [3.63, 3.8) is 0 Å². The third-order valence-corrected chi connectivity index (χ3v) is 4.68. The monoisotopic (exact) mass is 375 g/mol. The third-order valence-electron chi connectivity index (χ3n) is 4.68. The molecule has 0 bridgehead atoms. The van der Waals surface area contributed by atoms with E-state index in [1.807, 2.05) is 19.9 Å². The van der Waals surface area contributed by atoms with Gasteiger partial charge in [0.2, 0.25) is 11.9 Å². The molecule has 2 heterocycles. The van der Waals surface area contributed by atoms with Crippen LogP contribution >= 0.6 is 0 Å². The van der Waals surface area contributed by atoms with Gasteiger partial charge in [-0.15, -0.1) is 0 Å². The number of piperazine rings is 1. The number of carbonyl (C=O) groups excluding carboxylic acids is 1. The molecular weight excluding hydrogens is 342 g/mol. The zero-order chi connectivity index (χ0) is 20.0. The molecule has 0 saturated carbocycles. The molecule has 0 aliphatic carbocycles. The Bertz CT molecular complexity index is 646. The fourth-order valence-electron chi connectivity index (χ4n) is 2.81. The summed E-state index contributed by atoms with van der Waals surface area (Å²) in [5.41, 5.74) is 1.98. The van der Waals surface area contributed by atoms with Crippen molar-refractivity contribution in [2.24, 2.45) is 4.99 Å². The van der Waals surface area contributed by atoms with Gasteiger partial charge in [-0.3, -0.25) is 4.79 Å². The Kier molecular flexibility index (Phi) is 7.38. The van der Waals surface area contributed by atoms with Gasteiger partial charge >= 0.3 is 0 Å². The predicted octanol–water partition coefficient (Wildman–Crippen LogP) is 1.05. The van der Waals surface area contributed by atoms with Crippen molar-refractivity contribution in [1.82, 2.24) is 25.1 Å². The van der Waals surface area contributed by atoms with E-state index in [-0.39, 0.29) is 12.5 Å². The molecule has 1 atom stereocenters. The number of carbonyl (C=O) groups is 1. The van der Waals surface area contributed by atoms with Crippen molar-refractivity contribution >= 4 is 17.8 Å². The van der Waals surface area contributed by atoms with Gasteiger partial charge in [0.25, 0.3) is 0 Å². The summed E-state index contributed by atoms with van der Waals surface area (Å²) >= 11 is 0. The molecule has 150 valence electrons. The van der Waals surface area contributed by atoms with E-state index in [9.17, 15) is 4.79 Å². The lowest BCUT2D eigenvalue weighted by Crippen LogP contribution is -2.54. The fraction of sp³-hybridized carbons (Fsp3) is 0.684. The molecule has 1 aromatic heterocycles. The first-order chi connectivity index (χ1) is 12.8. The van der Waals surface area contributed by atoms with E-state index < -0.39 is 0 Å². The second-order valence-corrected chi connectivity index (χ2v) is 7.31. The van der Waals surface area contributed by atoms with Crippen molar-refractivity contribution in [2.75, 3.05) is 51.7 Å². The maximum atomic E-state index is 11.9. The zero-order valence-corrected chi connectivity index (χ0v) is 17.5. The molecule has 27 heavy (non-hydrogen) atoms. The van der Waals surface area contributed by atoms with Gasteiger partial charge in [0.1, 0.15) is 6.54 Å². The smallest absolute Gasteiger partial charge is 0.243 e. The highest BCUT2D eigenvalue weighted by molar-refractivity contribution is 5.85. The zero-order valence-electron chi connectivity index (χ0n) is 17.5. The number of aliphatic imine (C=N–C) groups is 1. The van der Waals surface area contributed by atoms with Crippen molar-refractivity contribution in [3.8, 4) is 0 Å². The van der Waals surface area contributed by atoms with E-state index >= 15 is 0 Å². The second-order valence-electron chi connectivity index (χ2n) is 7.31. The van der Waals surface area contributed by atoms with Crippen molar-refractivity contribution in [3.05, 3.63) is 17.5 Å². The summed E-state index contributed by atoms with van der Waals surface area (Å²) in [6, 6.07) is 2.29. The van der Waals surface area contributed by atoms with Gasteiger partial charge < -0.3 is 20.0 Å². The lowest BCUT2D eigenvalue weighted by atomic mass is 10.2. The molecule has 8 heteroatoms. The largest absolute Gasteiger partial charge is 0.354 e. The average molecular weight is 376 g/mol. The summed E-state index contributed by atoms with van der Waals surface area (Å²) in [7, 11) is 3.50. The van der Waals surface area contributed by atoms with E-state index in [1.54, 1.807) is 19.0 Å². The second kappa shape index (κ2) is 9.53. The Morgan fingerprint density at radius 1 is 1.22 bits per heavy atom. The van der Waals surface area contributed by atoms with Gasteiger partial charge in [-0.1, -0.05) is 6.92 Å². The number of nitrogens with one attached hydrogen (secondary N) is 1. The number of rotatable bonds is 5. The predicted molar refractivity (Wildman–Crippen MR) is 109 cm³/mol. The SMILES string of the molecule is CCC(C)NC(=NCC(=O)N(C)C)N1CCN(c2nc(C)cc(C)n2)CC1. The highest BCUT2D eigenvalue weighted by Crippen LogP contribution is 2.13. The maximum absolute atomic E-state index is 11.9. The summed E-state index contributed by atoms with van der Waals surface area (Å²) in [6.07, 6.45) is 0.997. The van der Waals surface area contributed by atoms with Gasteiger partial charge in [-0.05, 0) is 33.3 Å². The van der Waals surface area contributed by atoms with Crippen LogP contribution in [-0.2, 0) is 4.79 Å². The van der Waals surface area contributed by atoms with E-state index in [0.29, 0.717) is 6.04 Å². The minimum absolute atomic E-state index is 0.000670. The molecular formula is C19H33N7O. The van der Waals surface area contributed by atoms with E-state index in [1.165, 1.54) is 0 Å². The first-order valence-corrected chi connectivity index (χ1v) is 9.63. The van der Waals surface area contributed by atoms with E-state index in [4.69, 9.17) is 0 Å². The lowest BCUT2D eigenvalue weighted by molar-refractivity contribution is -0.127. The Balaban J connectivity index is 2.05. The minimum Gasteiger partial charge on any atom is -0.354 e. The molecule has 1 fully saturated rings. The topological polar surface area (TPSA) is 77.0 Å². The molecule has 1 aliphatic heterocycles. The summed E-state index contributed by atoms with van der Waals surface area (Å²) in [5.74, 6) is 1.60. The van der Waals surface area contributed by atoms with Crippen LogP contribution in [0.4, 0.5) is 5.95 Å². The number of likely N-dealkylation sites (N-methyl/N-ethyl adjacent to an activating group) is 1. The number of hydrogen-bond donors (Lipinski definition) is 1. The fourth-order valence-corrected chi connectivity index (χ4v) is 2.81. The van der Waals surface area contributed by atoms with E-state index in [0.717, 1.165) is 55.9 Å². The highest BCUT2D eigenvalue weighted by atomic mass is 16.2. The molecule has 8 nitrogen and oxygen atoms in total. The number of guanidine groups is 1. The quantitative estimate of drug-likeness (QED) is 0.612. The lowest BCUT2D eigenvalue weighted by Gasteiger charge is -2.37. The summed E-state index contributed by atoms with van der Waals surface area (Å²) in [4.78, 5) is 31.6. The van der Waals surface area contributed by atoms with Crippen LogP contribution in [0.1, 0.15) is 31.7 Å². The average Bonchev–Trinajstić information content (AvgIpc) is 2.63. The van der Waals surface area contributed by atoms with Crippen LogP contribution in [0.5, 0.6) is 0 Å². The van der Waals surface area contributed by atoms with E-state index in [2.05, 4.69) is 43.9 Å². The van der Waals surface area contributed by atoms with Crippen LogP contribution in [0, 0.1) is 13.8 Å².